The second-order valence-electron chi connectivity index (χ2n) is 6.13. The molecule has 1 aromatic rings. The predicted molar refractivity (Wildman–Crippen MR) is 83.3 cm³/mol. The lowest BCUT2D eigenvalue weighted by molar-refractivity contribution is 0.376. The smallest absolute Gasteiger partial charge is 0.0323 e. The molecule has 0 amide bonds. The van der Waals surface area contributed by atoms with Crippen molar-refractivity contribution in [2.24, 2.45) is 11.7 Å². The molecule has 0 aromatic heterocycles. The maximum Gasteiger partial charge on any atom is 0.0323 e. The summed E-state index contributed by atoms with van der Waals surface area (Å²) in [6, 6.07) is 9.31. The van der Waals surface area contributed by atoms with Crippen LogP contribution in [0, 0.1) is 5.92 Å². The van der Waals surface area contributed by atoms with Crippen LogP contribution in [0.5, 0.6) is 0 Å². The zero-order valence-corrected chi connectivity index (χ0v) is 12.6. The van der Waals surface area contributed by atoms with Crippen molar-refractivity contribution in [3.05, 3.63) is 35.4 Å². The number of nitrogens with two attached hydrogens (primary N) is 1. The fourth-order valence-corrected chi connectivity index (χ4v) is 3.14. The van der Waals surface area contributed by atoms with E-state index in [1.165, 1.54) is 56.1 Å². The van der Waals surface area contributed by atoms with Crippen LogP contribution in [-0.4, -0.2) is 0 Å². The van der Waals surface area contributed by atoms with E-state index in [0.717, 1.165) is 5.92 Å². The van der Waals surface area contributed by atoms with Gasteiger partial charge >= 0.3 is 0 Å². The zero-order chi connectivity index (χ0) is 13.7. The summed E-state index contributed by atoms with van der Waals surface area (Å²) in [6.45, 7) is 4.53. The van der Waals surface area contributed by atoms with Crippen LogP contribution in [0.4, 0.5) is 0 Å². The van der Waals surface area contributed by atoms with Crippen molar-refractivity contribution in [1.29, 1.82) is 0 Å². The number of hydrogen-bond acceptors (Lipinski definition) is 1. The molecule has 0 spiro atoms. The lowest BCUT2D eigenvalue weighted by atomic mass is 9.78. The van der Waals surface area contributed by atoms with E-state index in [-0.39, 0.29) is 6.04 Å². The molecular formula is C18H29N. The first-order valence-electron chi connectivity index (χ1n) is 8.11. The van der Waals surface area contributed by atoms with Crippen LogP contribution < -0.4 is 5.73 Å². The summed E-state index contributed by atoms with van der Waals surface area (Å²) >= 11 is 0. The second-order valence-corrected chi connectivity index (χ2v) is 6.13. The molecule has 0 bridgehead atoms. The van der Waals surface area contributed by atoms with Crippen LogP contribution in [0.2, 0.25) is 0 Å². The van der Waals surface area contributed by atoms with Crippen molar-refractivity contribution in [2.45, 2.75) is 70.8 Å². The molecule has 2 atom stereocenters. The van der Waals surface area contributed by atoms with Crippen molar-refractivity contribution in [2.75, 3.05) is 0 Å². The topological polar surface area (TPSA) is 26.0 Å². The quantitative estimate of drug-likeness (QED) is 0.718. The van der Waals surface area contributed by atoms with E-state index in [2.05, 4.69) is 38.1 Å². The first-order chi connectivity index (χ1) is 9.26. The average molecular weight is 259 g/mol. The molecule has 1 aromatic carbocycles. The highest BCUT2D eigenvalue weighted by Gasteiger charge is 2.22. The Bertz CT molecular complexity index is 381. The van der Waals surface area contributed by atoms with E-state index >= 15 is 0 Å². The SMILES string of the molecule is CCCCC(CC)C(N)c1cccc(C2CCC2)c1. The Balaban J connectivity index is 2.06. The molecule has 0 saturated heterocycles. The Morgan fingerprint density at radius 3 is 2.63 bits per heavy atom. The molecule has 1 nitrogen and oxygen atoms in total. The van der Waals surface area contributed by atoms with Gasteiger partial charge in [-0.1, -0.05) is 63.8 Å². The third kappa shape index (κ3) is 3.60. The van der Waals surface area contributed by atoms with E-state index in [4.69, 9.17) is 5.73 Å². The molecule has 0 heterocycles. The van der Waals surface area contributed by atoms with Gasteiger partial charge in [-0.15, -0.1) is 0 Å². The highest BCUT2D eigenvalue weighted by Crippen LogP contribution is 2.37. The number of benzene rings is 1. The molecule has 1 heteroatoms. The van der Waals surface area contributed by atoms with Gasteiger partial charge in [-0.3, -0.25) is 0 Å². The monoisotopic (exact) mass is 259 g/mol. The van der Waals surface area contributed by atoms with Gasteiger partial charge in [-0.25, -0.2) is 0 Å². The maximum absolute atomic E-state index is 6.52. The first-order valence-corrected chi connectivity index (χ1v) is 8.11. The molecule has 2 rings (SSSR count). The van der Waals surface area contributed by atoms with E-state index < -0.39 is 0 Å². The molecule has 0 aliphatic heterocycles. The minimum Gasteiger partial charge on any atom is -0.324 e. The minimum atomic E-state index is 0.219. The van der Waals surface area contributed by atoms with Crippen LogP contribution >= 0.6 is 0 Å². The number of hydrogen-bond donors (Lipinski definition) is 1. The summed E-state index contributed by atoms with van der Waals surface area (Å²) in [4.78, 5) is 0. The molecule has 1 fully saturated rings. The van der Waals surface area contributed by atoms with Crippen molar-refractivity contribution >= 4 is 0 Å². The Morgan fingerprint density at radius 1 is 1.26 bits per heavy atom. The van der Waals surface area contributed by atoms with Crippen LogP contribution in [0.15, 0.2) is 24.3 Å². The van der Waals surface area contributed by atoms with Gasteiger partial charge in [-0.2, -0.15) is 0 Å². The lowest BCUT2D eigenvalue weighted by Crippen LogP contribution is -2.21. The maximum atomic E-state index is 6.52. The van der Waals surface area contributed by atoms with Crippen LogP contribution in [0.3, 0.4) is 0 Å². The molecule has 2 N–H and O–H groups in total. The fraction of sp³-hybridized carbons (Fsp3) is 0.667. The second kappa shape index (κ2) is 7.09. The van der Waals surface area contributed by atoms with Gasteiger partial charge in [0.05, 0.1) is 0 Å². The minimum absolute atomic E-state index is 0.219. The van der Waals surface area contributed by atoms with Gasteiger partial charge < -0.3 is 5.73 Å². The van der Waals surface area contributed by atoms with E-state index in [1.807, 2.05) is 0 Å². The number of rotatable bonds is 7. The van der Waals surface area contributed by atoms with Gasteiger partial charge in [0, 0.05) is 6.04 Å². The van der Waals surface area contributed by atoms with Gasteiger partial charge in [0.25, 0.3) is 0 Å². The van der Waals surface area contributed by atoms with Crippen molar-refractivity contribution < 1.29 is 0 Å². The average Bonchev–Trinajstić information content (AvgIpc) is 2.38. The fourth-order valence-electron chi connectivity index (χ4n) is 3.14. The summed E-state index contributed by atoms with van der Waals surface area (Å²) in [7, 11) is 0. The molecule has 19 heavy (non-hydrogen) atoms. The molecular weight excluding hydrogens is 230 g/mol. The standard InChI is InChI=1S/C18H29N/c1-3-5-8-14(4-2)18(19)17-12-7-11-16(13-17)15-9-6-10-15/h7,11-15,18H,3-6,8-10,19H2,1-2H3. The largest absolute Gasteiger partial charge is 0.324 e. The van der Waals surface area contributed by atoms with Crippen molar-refractivity contribution in [3.8, 4) is 0 Å². The molecule has 1 aliphatic carbocycles. The van der Waals surface area contributed by atoms with E-state index in [0.29, 0.717) is 5.92 Å². The molecule has 1 aliphatic rings. The van der Waals surface area contributed by atoms with Crippen LogP contribution in [0.25, 0.3) is 0 Å². The van der Waals surface area contributed by atoms with Crippen molar-refractivity contribution in [3.63, 3.8) is 0 Å². The summed E-state index contributed by atoms with van der Waals surface area (Å²) in [5, 5.41) is 0. The highest BCUT2D eigenvalue weighted by atomic mass is 14.6. The normalized spacial score (nSPS) is 18.9. The van der Waals surface area contributed by atoms with Gasteiger partial charge in [0.1, 0.15) is 0 Å². The summed E-state index contributed by atoms with van der Waals surface area (Å²) in [6.07, 6.45) is 9.16. The van der Waals surface area contributed by atoms with Crippen LogP contribution in [-0.2, 0) is 0 Å². The zero-order valence-electron chi connectivity index (χ0n) is 12.6. The first kappa shape index (κ1) is 14.6. The third-order valence-corrected chi connectivity index (χ3v) is 4.83. The van der Waals surface area contributed by atoms with E-state index in [9.17, 15) is 0 Å². The molecule has 0 radical (unpaired) electrons. The molecule has 106 valence electrons. The molecule has 2 unspecified atom stereocenters. The number of unbranched alkanes of at least 4 members (excludes halogenated alkanes) is 1. The highest BCUT2D eigenvalue weighted by molar-refractivity contribution is 5.29. The van der Waals surface area contributed by atoms with E-state index in [1.54, 1.807) is 0 Å². The predicted octanol–water partition coefficient (Wildman–Crippen LogP) is 5.17. The summed E-state index contributed by atoms with van der Waals surface area (Å²) in [5.41, 5.74) is 9.39. The van der Waals surface area contributed by atoms with Gasteiger partial charge in [-0.05, 0) is 42.2 Å². The lowest BCUT2D eigenvalue weighted by Gasteiger charge is -2.28. The Kier molecular flexibility index (Phi) is 5.45. The van der Waals surface area contributed by atoms with Crippen molar-refractivity contribution in [1.82, 2.24) is 0 Å². The third-order valence-electron chi connectivity index (χ3n) is 4.83. The molecule has 1 saturated carbocycles. The Hall–Kier alpha value is -0.820. The van der Waals surface area contributed by atoms with Crippen LogP contribution in [0.1, 0.15) is 81.9 Å². The Morgan fingerprint density at radius 2 is 2.05 bits per heavy atom. The summed E-state index contributed by atoms with van der Waals surface area (Å²) < 4.78 is 0. The summed E-state index contributed by atoms with van der Waals surface area (Å²) in [5.74, 6) is 1.44. The van der Waals surface area contributed by atoms with Gasteiger partial charge in [0.2, 0.25) is 0 Å². The Labute approximate surface area is 118 Å². The van der Waals surface area contributed by atoms with Gasteiger partial charge in [0.15, 0.2) is 0 Å².